The molecule has 0 radical (unpaired) electrons. The monoisotopic (exact) mass is 350 g/mol. The molecule has 0 aliphatic heterocycles. The average molecular weight is 351 g/mol. The lowest BCUT2D eigenvalue weighted by atomic mass is 10.4. The van der Waals surface area contributed by atoms with Crippen molar-refractivity contribution in [1.82, 2.24) is 4.98 Å². The maximum absolute atomic E-state index is 11.5. The molecule has 7 heteroatoms. The molecule has 0 saturated carbocycles. The van der Waals surface area contributed by atoms with Crippen LogP contribution in [0.4, 0.5) is 0 Å². The van der Waals surface area contributed by atoms with Crippen LogP contribution in [0.25, 0.3) is 0 Å². The van der Waals surface area contributed by atoms with Gasteiger partial charge in [-0.1, -0.05) is 6.92 Å². The fourth-order valence-corrected chi connectivity index (χ4v) is 1.48. The van der Waals surface area contributed by atoms with Gasteiger partial charge in [-0.25, -0.2) is 9.55 Å². The van der Waals surface area contributed by atoms with E-state index in [-0.39, 0.29) is 36.0 Å². The van der Waals surface area contributed by atoms with Gasteiger partial charge in [0.1, 0.15) is 25.4 Å². The van der Waals surface area contributed by atoms with Crippen molar-refractivity contribution in [3.8, 4) is 0 Å². The van der Waals surface area contributed by atoms with E-state index in [9.17, 15) is 4.79 Å². The molecule has 0 bridgehead atoms. The van der Waals surface area contributed by atoms with E-state index in [0.29, 0.717) is 19.8 Å². The zero-order valence-electron chi connectivity index (χ0n) is 12.1. The Labute approximate surface area is 130 Å². The number of esters is 1. The van der Waals surface area contributed by atoms with Crippen LogP contribution < -0.4 is 21.5 Å². The van der Waals surface area contributed by atoms with E-state index in [1.165, 1.54) is 0 Å². The van der Waals surface area contributed by atoms with Crippen LogP contribution >= 0.6 is 0 Å². The summed E-state index contributed by atoms with van der Waals surface area (Å²) in [6.45, 7) is 4.61. The molecule has 6 nitrogen and oxygen atoms in total. The van der Waals surface area contributed by atoms with Crippen LogP contribution in [-0.4, -0.2) is 44.0 Å². The minimum absolute atomic E-state index is 0. The van der Waals surface area contributed by atoms with Gasteiger partial charge < -0.3 is 31.2 Å². The van der Waals surface area contributed by atoms with Crippen molar-refractivity contribution in [2.75, 3.05) is 33.0 Å². The van der Waals surface area contributed by atoms with Crippen molar-refractivity contribution in [3.63, 3.8) is 0 Å². The number of halogens is 1. The zero-order valence-corrected chi connectivity index (χ0v) is 13.6. The highest BCUT2D eigenvalue weighted by Crippen LogP contribution is 1.91. The molecule has 0 saturated heterocycles. The van der Waals surface area contributed by atoms with Crippen molar-refractivity contribution in [1.29, 1.82) is 0 Å². The van der Waals surface area contributed by atoms with Gasteiger partial charge in [-0.15, -0.1) is 0 Å². The van der Waals surface area contributed by atoms with E-state index in [0.717, 1.165) is 18.9 Å². The number of imidazole rings is 1. The molecule has 1 heterocycles. The minimum atomic E-state index is -0.260. The average Bonchev–Trinajstić information content (AvgIpc) is 2.78. The predicted molar refractivity (Wildman–Crippen MR) is 68.6 cm³/mol. The number of hydrogen-bond donors (Lipinski definition) is 1. The number of aromatic nitrogens is 2. The van der Waals surface area contributed by atoms with Crippen molar-refractivity contribution in [3.05, 3.63) is 18.2 Å². The number of nitrogens with zero attached hydrogens (tertiary/aromatic N) is 1. The third-order valence-electron chi connectivity index (χ3n) is 2.50. The van der Waals surface area contributed by atoms with Crippen LogP contribution in [0, 0.1) is 0 Å². The number of hydrogen-bond acceptors (Lipinski definition) is 4. The summed E-state index contributed by atoms with van der Waals surface area (Å²) in [6.07, 6.45) is 4.88. The summed E-state index contributed by atoms with van der Waals surface area (Å²) in [5.74, 6) is 0.558. The molecule has 1 aromatic rings. The number of ether oxygens (including phenoxy) is 3. The highest BCUT2D eigenvalue weighted by Gasteiger charge is 2.13. The van der Waals surface area contributed by atoms with Crippen LogP contribution in [0.5, 0.6) is 0 Å². The fourth-order valence-electron chi connectivity index (χ4n) is 1.48. The Kier molecular flexibility index (Phi) is 11.3. The van der Waals surface area contributed by atoms with Gasteiger partial charge in [0.05, 0.1) is 26.9 Å². The van der Waals surface area contributed by atoms with Crippen LogP contribution in [0.2, 0.25) is 0 Å². The lowest BCUT2D eigenvalue weighted by molar-refractivity contribution is -0.677. The predicted octanol–water partition coefficient (Wildman–Crippen LogP) is -2.63. The number of H-pyrrole nitrogens is 1. The van der Waals surface area contributed by atoms with Gasteiger partial charge in [0.2, 0.25) is 0 Å². The molecule has 0 fully saturated rings. The number of aromatic amines is 1. The maximum atomic E-state index is 11.5. The second kappa shape index (κ2) is 11.9. The molecular formula is C13H23BrN2O4. The fraction of sp³-hybridized carbons (Fsp3) is 0.692. The summed E-state index contributed by atoms with van der Waals surface area (Å²) in [6, 6.07) is 0. The maximum Gasteiger partial charge on any atom is 0.318 e. The molecule has 1 aromatic heterocycles. The Morgan fingerprint density at radius 3 is 2.45 bits per heavy atom. The normalized spacial score (nSPS) is 10.1. The first-order valence-electron chi connectivity index (χ1n) is 6.57. The molecular weight excluding hydrogens is 328 g/mol. The van der Waals surface area contributed by atoms with Crippen molar-refractivity contribution in [2.24, 2.45) is 7.05 Å². The number of nitrogens with one attached hydrogen (secondary N) is 1. The Morgan fingerprint density at radius 2 is 1.85 bits per heavy atom. The number of aryl methyl sites for hydroxylation is 1. The summed E-state index contributed by atoms with van der Waals surface area (Å²) in [5.41, 5.74) is 0. The lowest BCUT2D eigenvalue weighted by Gasteiger charge is -2.05. The first-order valence-corrected chi connectivity index (χ1v) is 6.57. The van der Waals surface area contributed by atoms with E-state index in [4.69, 9.17) is 14.2 Å². The Bertz CT molecular complexity index is 371. The van der Waals surface area contributed by atoms with Gasteiger partial charge in [-0.05, 0) is 6.42 Å². The summed E-state index contributed by atoms with van der Waals surface area (Å²) >= 11 is 0. The molecule has 0 aliphatic rings. The van der Waals surface area contributed by atoms with Crippen molar-refractivity contribution < 1.29 is 40.6 Å². The quantitative estimate of drug-likeness (QED) is 0.285. The van der Waals surface area contributed by atoms with Crippen LogP contribution in [0.3, 0.4) is 0 Å². The van der Waals surface area contributed by atoms with E-state index in [1.807, 2.05) is 17.8 Å². The summed E-state index contributed by atoms with van der Waals surface area (Å²) in [7, 11) is 1.87. The highest BCUT2D eigenvalue weighted by atomic mass is 79.9. The zero-order chi connectivity index (χ0) is 13.9. The number of rotatable bonds is 10. The minimum Gasteiger partial charge on any atom is -1.00 e. The van der Waals surface area contributed by atoms with E-state index < -0.39 is 0 Å². The summed E-state index contributed by atoms with van der Waals surface area (Å²) < 4.78 is 17.4. The van der Waals surface area contributed by atoms with Crippen LogP contribution in [0.15, 0.2) is 12.4 Å². The Hall–Kier alpha value is -0.920. The van der Waals surface area contributed by atoms with Crippen molar-refractivity contribution in [2.45, 2.75) is 19.8 Å². The van der Waals surface area contributed by atoms with Gasteiger partial charge in [0.25, 0.3) is 5.82 Å². The van der Waals surface area contributed by atoms with Gasteiger partial charge in [-0.3, -0.25) is 4.79 Å². The van der Waals surface area contributed by atoms with Gasteiger partial charge in [0.15, 0.2) is 0 Å². The highest BCUT2D eigenvalue weighted by molar-refractivity contribution is 5.71. The lowest BCUT2D eigenvalue weighted by Crippen LogP contribution is -3.00. The van der Waals surface area contributed by atoms with Gasteiger partial charge in [-0.2, -0.15) is 0 Å². The summed E-state index contributed by atoms with van der Waals surface area (Å²) in [4.78, 5) is 14.5. The third kappa shape index (κ3) is 8.29. The summed E-state index contributed by atoms with van der Waals surface area (Å²) in [5, 5.41) is 0. The molecule has 116 valence electrons. The van der Waals surface area contributed by atoms with Gasteiger partial charge in [0, 0.05) is 6.61 Å². The molecule has 20 heavy (non-hydrogen) atoms. The molecule has 0 atom stereocenters. The van der Waals surface area contributed by atoms with E-state index >= 15 is 0 Å². The SMILES string of the molecule is CCCOCCOCCOC(=O)Cc1[nH]cc[n+]1C.[Br-]. The molecule has 0 spiro atoms. The molecule has 1 rings (SSSR count). The number of carbonyl (C=O) groups is 1. The first kappa shape index (κ1) is 19.1. The Balaban J connectivity index is 0.00000361. The molecule has 1 N–H and O–H groups in total. The van der Waals surface area contributed by atoms with Gasteiger partial charge >= 0.3 is 5.97 Å². The molecule has 0 aromatic carbocycles. The molecule has 0 amide bonds. The second-order valence-electron chi connectivity index (χ2n) is 4.14. The standard InChI is InChI=1S/C13H22N2O4.BrH/c1-3-6-17-7-8-18-9-10-19-13(16)11-12-14-4-5-15(12)2;/h4-5H,3,6-11H2,1-2H3;1H. The van der Waals surface area contributed by atoms with Crippen LogP contribution in [0.1, 0.15) is 19.2 Å². The van der Waals surface area contributed by atoms with Crippen molar-refractivity contribution >= 4 is 5.97 Å². The molecule has 0 unspecified atom stereocenters. The first-order chi connectivity index (χ1) is 9.24. The third-order valence-corrected chi connectivity index (χ3v) is 2.50. The second-order valence-corrected chi connectivity index (χ2v) is 4.14. The van der Waals surface area contributed by atoms with E-state index in [1.54, 1.807) is 6.20 Å². The smallest absolute Gasteiger partial charge is 0.318 e. The Morgan fingerprint density at radius 1 is 1.20 bits per heavy atom. The largest absolute Gasteiger partial charge is 1.00 e. The topological polar surface area (TPSA) is 64.4 Å². The molecule has 0 aliphatic carbocycles. The van der Waals surface area contributed by atoms with Crippen LogP contribution in [-0.2, 0) is 32.5 Å². The number of carbonyl (C=O) groups excluding carboxylic acids is 1. The van der Waals surface area contributed by atoms with E-state index in [2.05, 4.69) is 11.9 Å².